The van der Waals surface area contributed by atoms with Crippen LogP contribution in [0.25, 0.3) is 0 Å². The molecule has 0 fully saturated rings. The first-order chi connectivity index (χ1) is 7.88. The van der Waals surface area contributed by atoms with Crippen LogP contribution in [0.15, 0.2) is 24.3 Å². The van der Waals surface area contributed by atoms with E-state index in [1.165, 1.54) is 11.1 Å². The second-order valence-corrected chi connectivity index (χ2v) is 3.44. The van der Waals surface area contributed by atoms with E-state index in [9.17, 15) is 0 Å². The van der Waals surface area contributed by atoms with Crippen LogP contribution in [0.1, 0.15) is 25.0 Å². The molecule has 0 aliphatic carbocycles. The summed E-state index contributed by atoms with van der Waals surface area (Å²) in [6.07, 6.45) is 0. The Morgan fingerprint density at radius 3 is 2.69 bits per heavy atom. The maximum atomic E-state index is 5.43. The summed E-state index contributed by atoms with van der Waals surface area (Å²) in [5, 5.41) is 3.29. The highest BCUT2D eigenvalue weighted by atomic mass is 16.5. The standard InChI is InChI=1S/C14H19NO/c1-3-5-10-15-11-13-8-6-7-9-14(13)12-16-4-2/h6-9,15H,4,10-12H2,1-2H3. The number of hydrogen-bond acceptors (Lipinski definition) is 2. The summed E-state index contributed by atoms with van der Waals surface area (Å²) in [7, 11) is 0. The van der Waals surface area contributed by atoms with E-state index in [0.29, 0.717) is 6.61 Å². The molecule has 1 N–H and O–H groups in total. The quantitative estimate of drug-likeness (QED) is 0.583. The first-order valence-corrected chi connectivity index (χ1v) is 5.63. The summed E-state index contributed by atoms with van der Waals surface area (Å²) in [6, 6.07) is 8.33. The molecule has 0 bridgehead atoms. The van der Waals surface area contributed by atoms with E-state index in [0.717, 1.165) is 19.7 Å². The Kier molecular flexibility index (Phi) is 6.32. The molecule has 86 valence electrons. The molecular weight excluding hydrogens is 198 g/mol. The van der Waals surface area contributed by atoms with Crippen LogP contribution in [0.5, 0.6) is 0 Å². The zero-order valence-corrected chi connectivity index (χ0v) is 10.0. The minimum absolute atomic E-state index is 0.688. The smallest absolute Gasteiger partial charge is 0.0719 e. The topological polar surface area (TPSA) is 21.3 Å². The molecule has 0 aromatic heterocycles. The molecular formula is C14H19NO. The van der Waals surface area contributed by atoms with Crippen molar-refractivity contribution in [2.24, 2.45) is 0 Å². The van der Waals surface area contributed by atoms with Gasteiger partial charge in [-0.3, -0.25) is 0 Å². The number of hydrogen-bond donors (Lipinski definition) is 1. The monoisotopic (exact) mass is 217 g/mol. The summed E-state index contributed by atoms with van der Waals surface area (Å²) in [5.74, 6) is 5.85. The minimum Gasteiger partial charge on any atom is -0.377 e. The fourth-order valence-electron chi connectivity index (χ4n) is 1.43. The van der Waals surface area contributed by atoms with Gasteiger partial charge in [-0.2, -0.15) is 0 Å². The number of rotatable bonds is 6. The van der Waals surface area contributed by atoms with Gasteiger partial charge in [0.05, 0.1) is 13.2 Å². The first kappa shape index (κ1) is 12.8. The van der Waals surface area contributed by atoms with E-state index in [1.807, 2.05) is 19.9 Å². The lowest BCUT2D eigenvalue weighted by Gasteiger charge is -2.09. The fourth-order valence-corrected chi connectivity index (χ4v) is 1.43. The van der Waals surface area contributed by atoms with Crippen molar-refractivity contribution < 1.29 is 4.74 Å². The van der Waals surface area contributed by atoms with E-state index in [2.05, 4.69) is 35.4 Å². The van der Waals surface area contributed by atoms with Gasteiger partial charge in [-0.15, -0.1) is 5.92 Å². The molecule has 0 amide bonds. The molecule has 0 radical (unpaired) electrons. The van der Waals surface area contributed by atoms with Crippen LogP contribution in [-0.2, 0) is 17.9 Å². The second-order valence-electron chi connectivity index (χ2n) is 3.44. The first-order valence-electron chi connectivity index (χ1n) is 5.63. The summed E-state index contributed by atoms with van der Waals surface area (Å²) in [6.45, 7) is 6.89. The van der Waals surface area contributed by atoms with Crippen LogP contribution in [0.4, 0.5) is 0 Å². The number of benzene rings is 1. The molecule has 0 heterocycles. The summed E-state index contributed by atoms with van der Waals surface area (Å²) >= 11 is 0. The summed E-state index contributed by atoms with van der Waals surface area (Å²) in [4.78, 5) is 0. The van der Waals surface area contributed by atoms with Gasteiger partial charge in [0, 0.05) is 13.2 Å². The van der Waals surface area contributed by atoms with E-state index < -0.39 is 0 Å². The molecule has 0 spiro atoms. The van der Waals surface area contributed by atoms with Crippen LogP contribution < -0.4 is 5.32 Å². The maximum absolute atomic E-state index is 5.43. The predicted octanol–water partition coefficient (Wildman–Crippen LogP) is 2.34. The van der Waals surface area contributed by atoms with E-state index in [1.54, 1.807) is 0 Å². The van der Waals surface area contributed by atoms with Gasteiger partial charge in [-0.05, 0) is 25.0 Å². The normalized spacial score (nSPS) is 9.62. The Morgan fingerprint density at radius 1 is 1.25 bits per heavy atom. The van der Waals surface area contributed by atoms with Gasteiger partial charge in [0.15, 0.2) is 0 Å². The highest BCUT2D eigenvalue weighted by Gasteiger charge is 2.00. The minimum atomic E-state index is 0.688. The lowest BCUT2D eigenvalue weighted by molar-refractivity contribution is 0.133. The zero-order chi connectivity index (χ0) is 11.6. The van der Waals surface area contributed by atoms with Crippen LogP contribution >= 0.6 is 0 Å². The van der Waals surface area contributed by atoms with Crippen molar-refractivity contribution in [3.63, 3.8) is 0 Å². The van der Waals surface area contributed by atoms with Crippen LogP contribution in [0, 0.1) is 11.8 Å². The highest BCUT2D eigenvalue weighted by Crippen LogP contribution is 2.09. The lowest BCUT2D eigenvalue weighted by Crippen LogP contribution is -2.14. The van der Waals surface area contributed by atoms with E-state index >= 15 is 0 Å². The lowest BCUT2D eigenvalue weighted by atomic mass is 10.1. The Bertz CT molecular complexity index is 362. The molecule has 0 saturated carbocycles. The molecule has 2 heteroatoms. The van der Waals surface area contributed by atoms with Crippen molar-refractivity contribution in [3.8, 4) is 11.8 Å². The molecule has 2 nitrogen and oxygen atoms in total. The Hall–Kier alpha value is -1.30. The van der Waals surface area contributed by atoms with Crippen LogP contribution in [0.3, 0.4) is 0 Å². The Labute approximate surface area is 98.0 Å². The average molecular weight is 217 g/mol. The Morgan fingerprint density at radius 2 is 2.00 bits per heavy atom. The third-order valence-corrected chi connectivity index (χ3v) is 2.29. The average Bonchev–Trinajstić information content (AvgIpc) is 2.33. The third kappa shape index (κ3) is 4.48. The molecule has 16 heavy (non-hydrogen) atoms. The van der Waals surface area contributed by atoms with E-state index in [-0.39, 0.29) is 0 Å². The second kappa shape index (κ2) is 7.92. The molecule has 0 aliphatic rings. The van der Waals surface area contributed by atoms with E-state index in [4.69, 9.17) is 4.74 Å². The van der Waals surface area contributed by atoms with Gasteiger partial charge in [-0.1, -0.05) is 30.2 Å². The molecule has 0 unspecified atom stereocenters. The van der Waals surface area contributed by atoms with Crippen LogP contribution in [-0.4, -0.2) is 13.2 Å². The van der Waals surface area contributed by atoms with Gasteiger partial charge < -0.3 is 10.1 Å². The maximum Gasteiger partial charge on any atom is 0.0719 e. The van der Waals surface area contributed by atoms with Gasteiger partial charge in [-0.25, -0.2) is 0 Å². The highest BCUT2D eigenvalue weighted by molar-refractivity contribution is 5.26. The predicted molar refractivity (Wildman–Crippen MR) is 66.9 cm³/mol. The summed E-state index contributed by atoms with van der Waals surface area (Å²) in [5.41, 5.74) is 2.54. The largest absolute Gasteiger partial charge is 0.377 e. The van der Waals surface area contributed by atoms with Gasteiger partial charge in [0.25, 0.3) is 0 Å². The van der Waals surface area contributed by atoms with Gasteiger partial charge in [0.2, 0.25) is 0 Å². The SMILES string of the molecule is CC#CCNCc1ccccc1COCC. The molecule has 0 atom stereocenters. The third-order valence-electron chi connectivity index (χ3n) is 2.29. The molecule has 1 aromatic rings. The summed E-state index contributed by atoms with van der Waals surface area (Å²) < 4.78 is 5.43. The zero-order valence-electron chi connectivity index (χ0n) is 10.0. The van der Waals surface area contributed by atoms with Crippen molar-refractivity contribution in [2.45, 2.75) is 27.0 Å². The number of nitrogens with one attached hydrogen (secondary N) is 1. The molecule has 0 saturated heterocycles. The van der Waals surface area contributed by atoms with Gasteiger partial charge >= 0.3 is 0 Å². The molecule has 1 aromatic carbocycles. The van der Waals surface area contributed by atoms with Gasteiger partial charge in [0.1, 0.15) is 0 Å². The van der Waals surface area contributed by atoms with Crippen LogP contribution in [0.2, 0.25) is 0 Å². The van der Waals surface area contributed by atoms with Crippen molar-refractivity contribution in [3.05, 3.63) is 35.4 Å². The Balaban J connectivity index is 2.51. The van der Waals surface area contributed by atoms with Crippen molar-refractivity contribution >= 4 is 0 Å². The fraction of sp³-hybridized carbons (Fsp3) is 0.429. The van der Waals surface area contributed by atoms with Crippen molar-refractivity contribution in [2.75, 3.05) is 13.2 Å². The van der Waals surface area contributed by atoms with Crippen molar-refractivity contribution in [1.29, 1.82) is 0 Å². The molecule has 1 rings (SSSR count). The molecule has 0 aliphatic heterocycles. The van der Waals surface area contributed by atoms with Crippen molar-refractivity contribution in [1.82, 2.24) is 5.32 Å². The number of ether oxygens (including phenoxy) is 1.